The van der Waals surface area contributed by atoms with Crippen molar-refractivity contribution in [1.82, 2.24) is 5.32 Å². The summed E-state index contributed by atoms with van der Waals surface area (Å²) in [4.78, 5) is 12.4. The Bertz CT molecular complexity index is 1020. The van der Waals surface area contributed by atoms with Crippen LogP contribution >= 0.6 is 11.6 Å². The van der Waals surface area contributed by atoms with Crippen LogP contribution in [0.3, 0.4) is 0 Å². The average molecular weight is 469 g/mol. The fraction of sp³-hybridized carbons (Fsp3) is 0.409. The molecule has 0 radical (unpaired) electrons. The van der Waals surface area contributed by atoms with E-state index in [-0.39, 0.29) is 35.8 Å². The Morgan fingerprint density at radius 3 is 2.39 bits per heavy atom. The second kappa shape index (κ2) is 10.2. The molecule has 170 valence electrons. The van der Waals surface area contributed by atoms with E-state index in [2.05, 4.69) is 26.1 Å². The average Bonchev–Trinajstić information content (AvgIpc) is 2.68. The first-order valence-electron chi connectivity index (χ1n) is 9.73. The largest absolute Gasteiger partial charge is 0.495 e. The number of nitrogens with one attached hydrogen (secondary N) is 1. The van der Waals surface area contributed by atoms with Crippen molar-refractivity contribution in [2.75, 3.05) is 37.4 Å². The van der Waals surface area contributed by atoms with E-state index in [1.165, 1.54) is 19.2 Å². The number of para-hydroxylation sites is 1. The predicted octanol–water partition coefficient (Wildman–Crippen LogP) is 3.61. The normalized spacial score (nSPS) is 11.7. The van der Waals surface area contributed by atoms with Gasteiger partial charge >= 0.3 is 0 Å². The van der Waals surface area contributed by atoms with Crippen molar-refractivity contribution < 1.29 is 22.7 Å². The number of amides is 1. The number of ether oxygens (including phenoxy) is 2. The summed E-state index contributed by atoms with van der Waals surface area (Å²) < 4.78 is 36.4. The molecule has 2 rings (SSSR count). The minimum absolute atomic E-state index is 0.0739. The number of methoxy groups -OCH3 is 1. The fourth-order valence-corrected chi connectivity index (χ4v) is 4.06. The topological polar surface area (TPSA) is 84.9 Å². The minimum atomic E-state index is -3.70. The molecule has 0 aliphatic rings. The van der Waals surface area contributed by atoms with Gasteiger partial charge in [0.2, 0.25) is 15.9 Å². The van der Waals surface area contributed by atoms with Gasteiger partial charge in [0.15, 0.2) is 0 Å². The van der Waals surface area contributed by atoms with Crippen molar-refractivity contribution in [3.05, 3.63) is 53.1 Å². The summed E-state index contributed by atoms with van der Waals surface area (Å²) >= 11 is 6.10. The number of benzene rings is 2. The van der Waals surface area contributed by atoms with Gasteiger partial charge in [-0.1, -0.05) is 50.6 Å². The Hall–Kier alpha value is -2.45. The second-order valence-corrected chi connectivity index (χ2v) is 10.3. The lowest BCUT2D eigenvalue weighted by atomic mass is 9.86. The molecule has 0 aliphatic carbocycles. The van der Waals surface area contributed by atoms with Crippen LogP contribution in [-0.4, -0.2) is 47.4 Å². The zero-order valence-electron chi connectivity index (χ0n) is 18.4. The summed E-state index contributed by atoms with van der Waals surface area (Å²) in [6.45, 7) is 6.41. The molecule has 9 heteroatoms. The highest BCUT2D eigenvalue weighted by molar-refractivity contribution is 7.92. The van der Waals surface area contributed by atoms with Gasteiger partial charge in [0, 0.05) is 0 Å². The molecule has 0 spiro atoms. The number of rotatable bonds is 9. The molecule has 2 aromatic rings. The number of sulfonamides is 1. The highest BCUT2D eigenvalue weighted by atomic mass is 35.5. The first-order chi connectivity index (χ1) is 14.4. The van der Waals surface area contributed by atoms with Gasteiger partial charge in [-0.2, -0.15) is 0 Å². The van der Waals surface area contributed by atoms with Gasteiger partial charge in [0.1, 0.15) is 24.7 Å². The molecular weight excluding hydrogens is 440 g/mol. The minimum Gasteiger partial charge on any atom is -0.495 e. The molecule has 0 fully saturated rings. The summed E-state index contributed by atoms with van der Waals surface area (Å²) in [6.07, 6.45) is 1.03. The Labute approximate surface area is 189 Å². The summed E-state index contributed by atoms with van der Waals surface area (Å²) in [5, 5.41) is 2.94. The summed E-state index contributed by atoms with van der Waals surface area (Å²) in [5.74, 6) is 0.718. The monoisotopic (exact) mass is 468 g/mol. The molecule has 0 aromatic heterocycles. The molecule has 0 saturated carbocycles. The van der Waals surface area contributed by atoms with Crippen LogP contribution in [0.25, 0.3) is 0 Å². The summed E-state index contributed by atoms with van der Waals surface area (Å²) in [5.41, 5.74) is 1.27. The van der Waals surface area contributed by atoms with Crippen molar-refractivity contribution in [3.8, 4) is 11.5 Å². The van der Waals surface area contributed by atoms with E-state index >= 15 is 0 Å². The molecule has 0 aliphatic heterocycles. The third-order valence-corrected chi connectivity index (χ3v) is 5.92. The standard InChI is InChI=1S/C22H29ClN2O5S/c1-22(2,3)17-8-6-7-9-19(17)30-13-12-24-21(26)15-25(31(5,27)28)16-10-11-20(29-4)18(23)14-16/h6-11,14H,12-13,15H2,1-5H3,(H,24,26). The highest BCUT2D eigenvalue weighted by Gasteiger charge is 2.22. The van der Waals surface area contributed by atoms with Gasteiger partial charge in [-0.05, 0) is 35.2 Å². The van der Waals surface area contributed by atoms with Gasteiger partial charge in [-0.3, -0.25) is 9.10 Å². The predicted molar refractivity (Wildman–Crippen MR) is 124 cm³/mol. The Balaban J connectivity index is 1.98. The molecule has 0 atom stereocenters. The molecule has 0 heterocycles. The molecule has 2 aromatic carbocycles. The van der Waals surface area contributed by atoms with Crippen molar-refractivity contribution in [3.63, 3.8) is 0 Å². The van der Waals surface area contributed by atoms with Crippen molar-refractivity contribution in [1.29, 1.82) is 0 Å². The van der Waals surface area contributed by atoms with Crippen LogP contribution in [0.15, 0.2) is 42.5 Å². The highest BCUT2D eigenvalue weighted by Crippen LogP contribution is 2.31. The maximum atomic E-state index is 12.4. The van der Waals surface area contributed by atoms with Crippen molar-refractivity contribution in [2.45, 2.75) is 26.2 Å². The van der Waals surface area contributed by atoms with Crippen LogP contribution < -0.4 is 19.1 Å². The summed E-state index contributed by atoms with van der Waals surface area (Å²) in [7, 11) is -2.24. The van der Waals surface area contributed by atoms with Gasteiger partial charge < -0.3 is 14.8 Å². The molecule has 31 heavy (non-hydrogen) atoms. The molecule has 7 nitrogen and oxygen atoms in total. The number of anilines is 1. The van der Waals surface area contributed by atoms with Crippen LogP contribution in [0.1, 0.15) is 26.3 Å². The number of hydrogen-bond donors (Lipinski definition) is 1. The zero-order chi connectivity index (χ0) is 23.2. The summed E-state index contributed by atoms with van der Waals surface area (Å²) in [6, 6.07) is 12.3. The lowest BCUT2D eigenvalue weighted by Crippen LogP contribution is -2.41. The Morgan fingerprint density at radius 2 is 1.81 bits per heavy atom. The Morgan fingerprint density at radius 1 is 1.13 bits per heavy atom. The number of hydrogen-bond acceptors (Lipinski definition) is 5. The van der Waals surface area contributed by atoms with Gasteiger partial charge in [-0.15, -0.1) is 0 Å². The number of nitrogens with zero attached hydrogens (tertiary/aromatic N) is 1. The molecule has 1 amide bonds. The van der Waals surface area contributed by atoms with E-state index in [0.717, 1.165) is 21.9 Å². The molecule has 0 saturated heterocycles. The Kier molecular flexibility index (Phi) is 8.20. The zero-order valence-corrected chi connectivity index (χ0v) is 20.0. The third kappa shape index (κ3) is 7.04. The first kappa shape index (κ1) is 24.8. The lowest BCUT2D eigenvalue weighted by Gasteiger charge is -2.23. The van der Waals surface area contributed by atoms with Crippen LogP contribution in [0.4, 0.5) is 5.69 Å². The van der Waals surface area contributed by atoms with Gasteiger partial charge in [-0.25, -0.2) is 8.42 Å². The van der Waals surface area contributed by atoms with Crippen LogP contribution in [0, 0.1) is 0 Å². The molecule has 0 unspecified atom stereocenters. The fourth-order valence-electron chi connectivity index (χ4n) is 2.96. The SMILES string of the molecule is COc1ccc(N(CC(=O)NCCOc2ccccc2C(C)(C)C)S(C)(=O)=O)cc1Cl. The van der Waals surface area contributed by atoms with E-state index in [1.54, 1.807) is 6.07 Å². The van der Waals surface area contributed by atoms with E-state index in [4.69, 9.17) is 21.1 Å². The molecule has 0 bridgehead atoms. The smallest absolute Gasteiger partial charge is 0.240 e. The first-order valence-corrected chi connectivity index (χ1v) is 12.0. The number of halogens is 1. The maximum Gasteiger partial charge on any atom is 0.240 e. The van der Waals surface area contributed by atoms with Gasteiger partial charge in [0.05, 0.1) is 30.6 Å². The van der Waals surface area contributed by atoms with E-state index < -0.39 is 15.9 Å². The maximum absolute atomic E-state index is 12.4. The quantitative estimate of drug-likeness (QED) is 0.568. The van der Waals surface area contributed by atoms with Crippen LogP contribution in [0.5, 0.6) is 11.5 Å². The third-order valence-electron chi connectivity index (χ3n) is 4.49. The number of carbonyl (C=O) groups is 1. The van der Waals surface area contributed by atoms with Crippen LogP contribution in [-0.2, 0) is 20.2 Å². The van der Waals surface area contributed by atoms with Crippen molar-refractivity contribution >= 4 is 33.2 Å². The van der Waals surface area contributed by atoms with E-state index in [0.29, 0.717) is 5.75 Å². The second-order valence-electron chi connectivity index (χ2n) is 8.03. The molecule has 1 N–H and O–H groups in total. The van der Waals surface area contributed by atoms with Gasteiger partial charge in [0.25, 0.3) is 0 Å². The van der Waals surface area contributed by atoms with E-state index in [1.807, 2.05) is 24.3 Å². The van der Waals surface area contributed by atoms with Crippen LogP contribution in [0.2, 0.25) is 5.02 Å². The van der Waals surface area contributed by atoms with Crippen molar-refractivity contribution in [2.24, 2.45) is 0 Å². The van der Waals surface area contributed by atoms with E-state index in [9.17, 15) is 13.2 Å². The number of carbonyl (C=O) groups excluding carboxylic acids is 1. The lowest BCUT2D eigenvalue weighted by molar-refractivity contribution is -0.119. The molecular formula is C22H29ClN2O5S.